The lowest BCUT2D eigenvalue weighted by Crippen LogP contribution is -2.17. The Kier molecular flexibility index (Phi) is 9.89. The van der Waals surface area contributed by atoms with Crippen LogP contribution in [0.1, 0.15) is 54.9 Å². The second-order valence-electron chi connectivity index (χ2n) is 9.52. The van der Waals surface area contributed by atoms with E-state index >= 15 is 0 Å². The minimum Gasteiger partial charge on any atom is -0.493 e. The Labute approximate surface area is 252 Å². The van der Waals surface area contributed by atoms with Crippen LogP contribution in [0.2, 0.25) is 0 Å². The number of halogens is 6. The lowest BCUT2D eigenvalue weighted by atomic mass is 10.2. The Bertz CT molecular complexity index is 1700. The summed E-state index contributed by atoms with van der Waals surface area (Å²) in [4.78, 5) is 30.8. The van der Waals surface area contributed by atoms with Crippen LogP contribution in [0.3, 0.4) is 0 Å². The fourth-order valence-corrected chi connectivity index (χ4v) is 4.48. The number of aromatic nitrogens is 4. The molecule has 0 aliphatic rings. The first-order valence-corrected chi connectivity index (χ1v) is 12.8. The lowest BCUT2D eigenvalue weighted by Gasteiger charge is -2.18. The van der Waals surface area contributed by atoms with Crippen LogP contribution in [0.25, 0.3) is 11.4 Å². The number of carbonyl (C=O) groups is 2. The predicted molar refractivity (Wildman–Crippen MR) is 147 cm³/mol. The normalized spacial score (nSPS) is 11.5. The number of pyridine rings is 2. The number of aromatic hydroxyl groups is 1. The Morgan fingerprint density at radius 2 is 1.02 bits per heavy atom. The zero-order chi connectivity index (χ0) is 34.0. The maximum atomic E-state index is 13.2. The monoisotopic (exact) mass is 642 g/mol. The SMILES string of the molecule is COC(=O)c1nc(O)c(C(F)(F)F)cc1-n1c(C)ccc1C.COC(=O)c1nc(OC)c(C(F)(F)F)cc1-n1c(C)ccc1C. The maximum Gasteiger partial charge on any atom is 0.421 e. The summed E-state index contributed by atoms with van der Waals surface area (Å²) in [5.74, 6) is -3.73. The Balaban J connectivity index is 0.000000246. The van der Waals surface area contributed by atoms with Crippen LogP contribution < -0.4 is 4.74 Å². The minimum atomic E-state index is -4.80. The number of hydrogen-bond donors (Lipinski definition) is 1. The fourth-order valence-electron chi connectivity index (χ4n) is 4.48. The standard InChI is InChI=1S/C15H15F3N2O3.C14H13F3N2O3/c1-8-5-6-9(2)20(8)11-7-10(15(16,17)18)13(22-3)19-12(11)14(21)23-4;1-7-4-5-8(2)19(7)10-6-9(14(15,16)17)12(20)18-11(10)13(21)22-3/h5-7H,1-4H3;4-6H,1-3H3,(H,18,20). The van der Waals surface area contributed by atoms with E-state index in [2.05, 4.69) is 19.4 Å². The molecule has 10 nitrogen and oxygen atoms in total. The van der Waals surface area contributed by atoms with Crippen molar-refractivity contribution in [3.05, 3.63) is 81.7 Å². The lowest BCUT2D eigenvalue weighted by molar-refractivity contribution is -0.140. The van der Waals surface area contributed by atoms with Gasteiger partial charge in [-0.2, -0.15) is 26.3 Å². The zero-order valence-electron chi connectivity index (χ0n) is 25.0. The van der Waals surface area contributed by atoms with E-state index in [1.165, 1.54) is 9.13 Å². The molecule has 1 N–H and O–H groups in total. The maximum absolute atomic E-state index is 13.2. The van der Waals surface area contributed by atoms with Crippen LogP contribution in [0.4, 0.5) is 26.3 Å². The molecule has 4 heterocycles. The molecular weight excluding hydrogens is 614 g/mol. The van der Waals surface area contributed by atoms with Crippen LogP contribution in [-0.4, -0.2) is 57.5 Å². The number of ether oxygens (including phenoxy) is 3. The first kappa shape index (κ1) is 34.5. The molecule has 4 aromatic rings. The van der Waals surface area contributed by atoms with E-state index in [0.717, 1.165) is 27.4 Å². The van der Waals surface area contributed by atoms with Crippen LogP contribution in [0.15, 0.2) is 36.4 Å². The Hall–Kier alpha value is -5.02. The van der Waals surface area contributed by atoms with Crippen molar-refractivity contribution in [3.8, 4) is 23.1 Å². The van der Waals surface area contributed by atoms with Crippen molar-refractivity contribution in [2.24, 2.45) is 0 Å². The number of methoxy groups -OCH3 is 3. The molecule has 45 heavy (non-hydrogen) atoms. The molecule has 0 fully saturated rings. The highest BCUT2D eigenvalue weighted by molar-refractivity contribution is 5.92. The second kappa shape index (κ2) is 12.9. The number of hydrogen-bond acceptors (Lipinski definition) is 8. The van der Waals surface area contributed by atoms with Crippen molar-refractivity contribution in [1.82, 2.24) is 19.1 Å². The van der Waals surface area contributed by atoms with Crippen molar-refractivity contribution in [1.29, 1.82) is 0 Å². The smallest absolute Gasteiger partial charge is 0.421 e. The molecule has 242 valence electrons. The highest BCUT2D eigenvalue weighted by Crippen LogP contribution is 2.39. The molecule has 4 rings (SSSR count). The highest BCUT2D eigenvalue weighted by atomic mass is 19.4. The van der Waals surface area contributed by atoms with Crippen LogP contribution >= 0.6 is 0 Å². The Morgan fingerprint density at radius 1 is 0.667 bits per heavy atom. The van der Waals surface area contributed by atoms with Gasteiger partial charge in [-0.25, -0.2) is 19.6 Å². The molecule has 0 spiro atoms. The third-order valence-electron chi connectivity index (χ3n) is 6.54. The van der Waals surface area contributed by atoms with Gasteiger partial charge < -0.3 is 28.5 Å². The van der Waals surface area contributed by atoms with Crippen molar-refractivity contribution < 1.29 is 55.2 Å². The van der Waals surface area contributed by atoms with E-state index in [0.29, 0.717) is 28.8 Å². The van der Waals surface area contributed by atoms with Crippen LogP contribution in [0.5, 0.6) is 11.8 Å². The summed E-state index contributed by atoms with van der Waals surface area (Å²) in [6, 6.07) is 8.38. The van der Waals surface area contributed by atoms with E-state index < -0.39 is 52.9 Å². The molecule has 0 aromatic carbocycles. The molecule has 0 saturated carbocycles. The number of aryl methyl sites for hydroxylation is 4. The average Bonchev–Trinajstić information content (AvgIpc) is 3.49. The number of nitrogens with zero attached hydrogens (tertiary/aromatic N) is 4. The summed E-state index contributed by atoms with van der Waals surface area (Å²) in [5, 5.41) is 9.48. The third-order valence-corrected chi connectivity index (χ3v) is 6.54. The van der Waals surface area contributed by atoms with E-state index in [1.54, 1.807) is 52.0 Å². The van der Waals surface area contributed by atoms with E-state index in [4.69, 9.17) is 4.74 Å². The zero-order valence-corrected chi connectivity index (χ0v) is 25.0. The molecule has 16 heteroatoms. The summed E-state index contributed by atoms with van der Waals surface area (Å²) < 4.78 is 95.4. The first-order chi connectivity index (χ1) is 20.9. The molecule has 4 aromatic heterocycles. The number of alkyl halides is 6. The molecule has 0 unspecified atom stereocenters. The van der Waals surface area contributed by atoms with Crippen LogP contribution in [0, 0.1) is 27.7 Å². The summed E-state index contributed by atoms with van der Waals surface area (Å²) >= 11 is 0. The summed E-state index contributed by atoms with van der Waals surface area (Å²) in [5.41, 5.74) is -0.582. The van der Waals surface area contributed by atoms with Gasteiger partial charge in [-0.05, 0) is 64.1 Å². The summed E-state index contributed by atoms with van der Waals surface area (Å²) in [6.45, 7) is 6.78. The van der Waals surface area contributed by atoms with E-state index in [-0.39, 0.29) is 17.1 Å². The van der Waals surface area contributed by atoms with Gasteiger partial charge in [0.15, 0.2) is 11.4 Å². The van der Waals surface area contributed by atoms with Gasteiger partial charge >= 0.3 is 24.3 Å². The van der Waals surface area contributed by atoms with Gasteiger partial charge in [-0.1, -0.05) is 0 Å². The van der Waals surface area contributed by atoms with Crippen molar-refractivity contribution in [2.45, 2.75) is 40.0 Å². The second-order valence-corrected chi connectivity index (χ2v) is 9.52. The molecule has 0 aliphatic carbocycles. The number of rotatable bonds is 5. The molecule has 0 aliphatic heterocycles. The predicted octanol–water partition coefficient (Wildman–Crippen LogP) is 6.30. The van der Waals surface area contributed by atoms with Gasteiger partial charge in [0, 0.05) is 22.8 Å². The quantitative estimate of drug-likeness (QED) is 0.199. The molecule has 0 radical (unpaired) electrons. The topological polar surface area (TPSA) is 118 Å². The van der Waals surface area contributed by atoms with Crippen LogP contribution in [-0.2, 0) is 21.8 Å². The Morgan fingerprint density at radius 3 is 1.36 bits per heavy atom. The summed E-state index contributed by atoms with van der Waals surface area (Å²) in [7, 11) is 3.27. The van der Waals surface area contributed by atoms with Gasteiger partial charge in [-0.15, -0.1) is 0 Å². The van der Waals surface area contributed by atoms with Gasteiger partial charge in [0.25, 0.3) is 0 Å². The van der Waals surface area contributed by atoms with Gasteiger partial charge in [0.1, 0.15) is 11.1 Å². The minimum absolute atomic E-state index is 0.00928. The number of carbonyl (C=O) groups excluding carboxylic acids is 2. The molecule has 0 bridgehead atoms. The van der Waals surface area contributed by atoms with Gasteiger partial charge in [-0.3, -0.25) is 0 Å². The first-order valence-electron chi connectivity index (χ1n) is 12.8. The van der Waals surface area contributed by atoms with E-state index in [1.807, 2.05) is 0 Å². The molecule has 0 atom stereocenters. The molecular formula is C29H28F6N4O6. The average molecular weight is 643 g/mol. The van der Waals surface area contributed by atoms with Crippen molar-refractivity contribution in [3.63, 3.8) is 0 Å². The third kappa shape index (κ3) is 7.05. The number of esters is 2. The van der Waals surface area contributed by atoms with Gasteiger partial charge in [0.05, 0.1) is 32.7 Å². The van der Waals surface area contributed by atoms with Crippen molar-refractivity contribution in [2.75, 3.05) is 21.3 Å². The molecule has 0 saturated heterocycles. The van der Waals surface area contributed by atoms with E-state index in [9.17, 15) is 41.0 Å². The van der Waals surface area contributed by atoms with Crippen molar-refractivity contribution >= 4 is 11.9 Å². The fraction of sp³-hybridized carbons (Fsp3) is 0.310. The highest BCUT2D eigenvalue weighted by Gasteiger charge is 2.38. The largest absolute Gasteiger partial charge is 0.493 e. The summed E-state index contributed by atoms with van der Waals surface area (Å²) in [6.07, 6.45) is -9.47. The van der Waals surface area contributed by atoms with Gasteiger partial charge in [0.2, 0.25) is 11.8 Å². The molecule has 0 amide bonds.